The van der Waals surface area contributed by atoms with Gasteiger partial charge in [-0.3, -0.25) is 9.78 Å². The SMILES string of the molecule is C/C(N)=N\C(=C/C(C)c1c(C)cccc1C)OC[C@H]1[C@H](C)CCC[C@@H](c2cnc3cc(S(C)(C)C)n(C)c3n2)N1C(=O)c1cccc(C)c1. The van der Waals surface area contributed by atoms with E-state index in [-0.39, 0.29) is 36.4 Å². The summed E-state index contributed by atoms with van der Waals surface area (Å²) in [7, 11) is 1.07. The van der Waals surface area contributed by atoms with Crippen LogP contribution < -0.4 is 5.73 Å². The maximum atomic E-state index is 14.7. The Hall–Kier alpha value is -4.11. The van der Waals surface area contributed by atoms with Crippen LogP contribution in [0.2, 0.25) is 0 Å². The quantitative estimate of drug-likeness (QED) is 0.109. The Kier molecular flexibility index (Phi) is 10.9. The van der Waals surface area contributed by atoms with Gasteiger partial charge in [0.15, 0.2) is 5.65 Å². The fourth-order valence-corrected chi connectivity index (χ4v) is 8.72. The van der Waals surface area contributed by atoms with E-state index in [1.807, 2.05) is 48.4 Å². The largest absolute Gasteiger partial charge is 0.476 e. The van der Waals surface area contributed by atoms with E-state index < -0.39 is 10.0 Å². The van der Waals surface area contributed by atoms with Crippen LogP contribution in [0, 0.1) is 26.7 Å². The van der Waals surface area contributed by atoms with Gasteiger partial charge in [-0.05, 0) is 106 Å². The number of ether oxygens (including phenoxy) is 1. The molecule has 0 spiro atoms. The first-order valence-electron chi connectivity index (χ1n) is 17.3. The van der Waals surface area contributed by atoms with Crippen LogP contribution in [0.1, 0.15) is 90.3 Å². The Morgan fingerprint density at radius 3 is 2.45 bits per heavy atom. The molecule has 0 saturated carbocycles. The molecule has 4 aromatic rings. The Morgan fingerprint density at radius 1 is 1.10 bits per heavy atom. The minimum absolute atomic E-state index is 0.0300. The van der Waals surface area contributed by atoms with Gasteiger partial charge in [0.05, 0.1) is 34.8 Å². The van der Waals surface area contributed by atoms with Gasteiger partial charge in [-0.25, -0.2) is 20.0 Å². The van der Waals surface area contributed by atoms with E-state index >= 15 is 0 Å². The van der Waals surface area contributed by atoms with Gasteiger partial charge in [0.1, 0.15) is 12.1 Å². The van der Waals surface area contributed by atoms with E-state index in [0.717, 1.165) is 41.7 Å². The summed E-state index contributed by atoms with van der Waals surface area (Å²) in [4.78, 5) is 31.5. The molecule has 1 saturated heterocycles. The van der Waals surface area contributed by atoms with Crippen LogP contribution >= 0.6 is 10.0 Å². The molecule has 2 N–H and O–H groups in total. The summed E-state index contributed by atoms with van der Waals surface area (Å²) in [5.74, 6) is 1.07. The molecule has 1 unspecified atom stereocenters. The van der Waals surface area contributed by atoms with Gasteiger partial charge in [-0.1, -0.05) is 56.2 Å². The van der Waals surface area contributed by atoms with E-state index in [1.165, 1.54) is 21.7 Å². The lowest BCUT2D eigenvalue weighted by Gasteiger charge is -2.38. The number of carbonyl (C=O) groups is 1. The van der Waals surface area contributed by atoms with Gasteiger partial charge in [-0.15, -0.1) is 0 Å². The summed E-state index contributed by atoms with van der Waals surface area (Å²) in [6.45, 7) is 12.7. The average Bonchev–Trinajstić information content (AvgIpc) is 3.27. The van der Waals surface area contributed by atoms with Crippen LogP contribution in [0.4, 0.5) is 0 Å². The normalized spacial score (nSPS) is 20.3. The highest BCUT2D eigenvalue weighted by Gasteiger charge is 2.39. The van der Waals surface area contributed by atoms with Crippen molar-refractivity contribution in [2.45, 2.75) is 83.8 Å². The molecule has 0 radical (unpaired) electrons. The van der Waals surface area contributed by atoms with Crippen molar-refractivity contribution >= 4 is 32.9 Å². The molecule has 1 aliphatic heterocycles. The van der Waals surface area contributed by atoms with Crippen LogP contribution in [0.15, 0.2) is 76.7 Å². The lowest BCUT2D eigenvalue weighted by molar-refractivity contribution is 0.0306. The molecule has 0 aliphatic carbocycles. The zero-order valence-corrected chi connectivity index (χ0v) is 31.8. The summed E-state index contributed by atoms with van der Waals surface area (Å²) >= 11 is 0. The first kappa shape index (κ1) is 36.2. The average molecular weight is 683 g/mol. The van der Waals surface area contributed by atoms with E-state index in [4.69, 9.17) is 20.4 Å². The number of fused-ring (bicyclic) bond motifs is 1. The zero-order chi connectivity index (χ0) is 35.6. The van der Waals surface area contributed by atoms with Crippen LogP contribution in [0.5, 0.6) is 0 Å². The predicted molar refractivity (Wildman–Crippen MR) is 205 cm³/mol. The molecule has 1 amide bonds. The summed E-state index contributed by atoms with van der Waals surface area (Å²) in [5, 5.41) is 1.25. The summed E-state index contributed by atoms with van der Waals surface area (Å²) in [5.41, 5.74) is 14.1. The monoisotopic (exact) mass is 682 g/mol. The van der Waals surface area contributed by atoms with Crippen molar-refractivity contribution < 1.29 is 9.53 Å². The summed E-state index contributed by atoms with van der Waals surface area (Å²) in [6.07, 6.45) is 13.5. The maximum absolute atomic E-state index is 14.7. The third-order valence-electron chi connectivity index (χ3n) is 9.74. The molecule has 0 bridgehead atoms. The van der Waals surface area contributed by atoms with Crippen LogP contribution in [0.25, 0.3) is 11.2 Å². The minimum Gasteiger partial charge on any atom is -0.476 e. The number of amidine groups is 1. The first-order chi connectivity index (χ1) is 23.1. The van der Waals surface area contributed by atoms with Gasteiger partial charge in [0, 0.05) is 18.5 Å². The Labute approximate surface area is 294 Å². The highest BCUT2D eigenvalue weighted by atomic mass is 32.3. The second-order valence-corrected chi connectivity index (χ2v) is 18.7. The number of nitrogens with two attached hydrogens (primary N) is 1. The number of hydrogen-bond acceptors (Lipinski definition) is 5. The number of benzene rings is 2. The Balaban J connectivity index is 1.57. The van der Waals surface area contributed by atoms with Gasteiger partial charge in [0.2, 0.25) is 5.88 Å². The van der Waals surface area contributed by atoms with Crippen molar-refractivity contribution in [2.24, 2.45) is 23.7 Å². The lowest BCUT2D eigenvalue weighted by Crippen LogP contribution is -2.47. The lowest BCUT2D eigenvalue weighted by atomic mass is 9.92. The molecular weight excluding hydrogens is 629 g/mol. The fraction of sp³-hybridized carbons (Fsp3) is 0.450. The number of aryl methyl sites for hydroxylation is 4. The molecule has 4 atom stereocenters. The minimum atomic E-state index is -0.998. The molecule has 2 aromatic heterocycles. The molecule has 9 heteroatoms. The smallest absolute Gasteiger partial charge is 0.254 e. The van der Waals surface area contributed by atoms with E-state index in [9.17, 15) is 4.79 Å². The highest BCUT2D eigenvalue weighted by Crippen LogP contribution is 2.47. The van der Waals surface area contributed by atoms with Crippen LogP contribution in [-0.4, -0.2) is 62.6 Å². The number of likely N-dealkylation sites (tertiary alicyclic amines) is 1. The van der Waals surface area contributed by atoms with E-state index in [1.54, 1.807) is 6.92 Å². The van der Waals surface area contributed by atoms with Crippen molar-refractivity contribution in [1.82, 2.24) is 19.4 Å². The third-order valence-corrected chi connectivity index (χ3v) is 11.4. The highest BCUT2D eigenvalue weighted by molar-refractivity contribution is 8.32. The number of amides is 1. The number of hydrogen-bond donors (Lipinski definition) is 1. The Bertz CT molecular complexity index is 1860. The number of allylic oxidation sites excluding steroid dienone is 1. The molecule has 3 heterocycles. The van der Waals surface area contributed by atoms with Crippen LogP contribution in [0.3, 0.4) is 0 Å². The van der Waals surface area contributed by atoms with Gasteiger partial charge >= 0.3 is 0 Å². The summed E-state index contributed by atoms with van der Waals surface area (Å²) < 4.78 is 8.78. The number of aliphatic imine (C=N–C) groups is 1. The van der Waals surface area contributed by atoms with Crippen molar-refractivity contribution in [2.75, 3.05) is 25.4 Å². The number of carbonyl (C=O) groups excluding carboxylic acids is 1. The number of aromatic nitrogens is 3. The molecule has 1 aliphatic rings. The molecular formula is C40H54N6O2S. The van der Waals surface area contributed by atoms with Gasteiger partial charge in [-0.2, -0.15) is 0 Å². The summed E-state index contributed by atoms with van der Waals surface area (Å²) in [6, 6.07) is 15.8. The molecule has 1 fully saturated rings. The molecule has 2 aromatic carbocycles. The zero-order valence-electron chi connectivity index (χ0n) is 30.9. The fourth-order valence-electron chi connectivity index (χ4n) is 7.35. The van der Waals surface area contributed by atoms with Crippen molar-refractivity contribution in [3.63, 3.8) is 0 Å². The second kappa shape index (κ2) is 14.8. The van der Waals surface area contributed by atoms with E-state index in [2.05, 4.69) is 87.3 Å². The van der Waals surface area contributed by atoms with Crippen LogP contribution in [-0.2, 0) is 11.8 Å². The molecule has 5 rings (SSSR count). The number of rotatable bonds is 9. The topological polar surface area (TPSA) is 98.6 Å². The Morgan fingerprint density at radius 2 is 1.80 bits per heavy atom. The van der Waals surface area contributed by atoms with Crippen molar-refractivity contribution in [3.05, 3.63) is 100 Å². The third kappa shape index (κ3) is 8.04. The number of nitrogens with zero attached hydrogens (tertiary/aromatic N) is 5. The van der Waals surface area contributed by atoms with Gasteiger partial charge < -0.3 is 19.9 Å². The standard InChI is InChI=1S/C40H54N6O2S/c1-25-14-11-18-31(20-25)40(47)46-34(33-23-42-32-22-37(49(8,9)10)45(7)39(32)44-33)19-13-15-26(2)35(46)24-48-36(43-30(6)41)21-29(5)38-27(3)16-12-17-28(38)4/h11-12,14,16-18,20-23,26,29,34-35H,13,15,19,24H2,1-10H3,(H2,41,43)/b36-21+/t26-,29?,34+,35+/m1/s1. The van der Waals surface area contributed by atoms with Crippen molar-refractivity contribution in [3.8, 4) is 0 Å². The van der Waals surface area contributed by atoms with Gasteiger partial charge in [0.25, 0.3) is 5.91 Å². The van der Waals surface area contributed by atoms with Crippen molar-refractivity contribution in [1.29, 1.82) is 0 Å². The first-order valence-corrected chi connectivity index (χ1v) is 20.1. The molecule has 49 heavy (non-hydrogen) atoms. The molecule has 8 nitrogen and oxygen atoms in total. The predicted octanol–water partition coefficient (Wildman–Crippen LogP) is 8.36. The second-order valence-electron chi connectivity index (χ2n) is 14.6. The van der Waals surface area contributed by atoms with E-state index in [0.29, 0.717) is 17.3 Å². The molecule has 262 valence electrons. The maximum Gasteiger partial charge on any atom is 0.254 e.